The van der Waals surface area contributed by atoms with Crippen LogP contribution in [0.5, 0.6) is 0 Å². The largest absolute Gasteiger partial charge is 0.397 e. The summed E-state index contributed by atoms with van der Waals surface area (Å²) in [6.45, 7) is 1.69. The van der Waals surface area contributed by atoms with Crippen molar-refractivity contribution in [3.8, 4) is 6.07 Å². The molecule has 0 saturated carbocycles. The zero-order valence-electron chi connectivity index (χ0n) is 6.03. The fourth-order valence-corrected chi connectivity index (χ4v) is 1.23. The van der Waals surface area contributed by atoms with Crippen LogP contribution < -0.4 is 5.73 Å². The van der Waals surface area contributed by atoms with Crippen molar-refractivity contribution in [1.29, 1.82) is 5.26 Å². The molecule has 0 atom stereocenters. The zero-order chi connectivity index (χ0) is 8.27. The lowest BCUT2D eigenvalue weighted by atomic mass is 10.2. The van der Waals surface area contributed by atoms with Crippen LogP contribution in [-0.4, -0.2) is 4.98 Å². The summed E-state index contributed by atoms with van der Waals surface area (Å²) in [6, 6.07) is 1.99. The first-order chi connectivity index (χ1) is 5.25. The van der Waals surface area contributed by atoms with E-state index in [0.717, 1.165) is 4.88 Å². The number of hydrogen-bond donors (Lipinski definition) is 1. The molecular formula is C7H7N3S. The highest BCUT2D eigenvalue weighted by molar-refractivity contribution is 7.10. The van der Waals surface area contributed by atoms with Gasteiger partial charge in [-0.1, -0.05) is 0 Å². The maximum Gasteiger partial charge on any atom is 0.0966 e. The molecule has 56 valence electrons. The molecule has 0 unspecified atom stereocenters. The number of allylic oxidation sites excluding steroid dienone is 1. The van der Waals surface area contributed by atoms with E-state index in [0.29, 0.717) is 11.3 Å². The Morgan fingerprint density at radius 3 is 3.00 bits per heavy atom. The van der Waals surface area contributed by atoms with E-state index in [1.807, 2.05) is 6.07 Å². The van der Waals surface area contributed by atoms with E-state index >= 15 is 0 Å². The smallest absolute Gasteiger partial charge is 0.0966 e. The molecular weight excluding hydrogens is 158 g/mol. The number of nitrogens with zero attached hydrogens (tertiary/aromatic N) is 2. The standard InChI is InChI=1S/C7H7N3S/c1-5(2-8)7(9)6-3-10-4-11-6/h3-4H,9H2,1H3. The number of hydrogen-bond acceptors (Lipinski definition) is 4. The van der Waals surface area contributed by atoms with E-state index in [-0.39, 0.29) is 0 Å². The number of rotatable bonds is 1. The van der Waals surface area contributed by atoms with Gasteiger partial charge in [0.25, 0.3) is 0 Å². The molecule has 11 heavy (non-hydrogen) atoms. The zero-order valence-corrected chi connectivity index (χ0v) is 6.85. The van der Waals surface area contributed by atoms with Crippen molar-refractivity contribution in [3.05, 3.63) is 22.2 Å². The molecule has 0 radical (unpaired) electrons. The molecule has 1 heterocycles. The minimum absolute atomic E-state index is 0.523. The van der Waals surface area contributed by atoms with Crippen molar-refractivity contribution in [1.82, 2.24) is 4.98 Å². The van der Waals surface area contributed by atoms with Gasteiger partial charge in [-0.15, -0.1) is 11.3 Å². The number of nitrogens with two attached hydrogens (primary N) is 1. The molecule has 0 aliphatic rings. The van der Waals surface area contributed by atoms with Crippen LogP contribution in [0.3, 0.4) is 0 Å². The Hall–Kier alpha value is -1.34. The van der Waals surface area contributed by atoms with E-state index in [1.165, 1.54) is 11.3 Å². The van der Waals surface area contributed by atoms with Crippen molar-refractivity contribution >= 4 is 17.0 Å². The van der Waals surface area contributed by atoms with Gasteiger partial charge in [-0.05, 0) is 6.92 Å². The first kappa shape index (κ1) is 7.76. The highest BCUT2D eigenvalue weighted by atomic mass is 32.1. The quantitative estimate of drug-likeness (QED) is 0.639. The molecule has 2 N–H and O–H groups in total. The van der Waals surface area contributed by atoms with E-state index in [9.17, 15) is 0 Å². The van der Waals surface area contributed by atoms with Crippen molar-refractivity contribution < 1.29 is 0 Å². The van der Waals surface area contributed by atoms with Gasteiger partial charge in [0.2, 0.25) is 0 Å². The van der Waals surface area contributed by atoms with Gasteiger partial charge in [0.1, 0.15) is 0 Å². The molecule has 1 aromatic rings. The Balaban J connectivity index is 3.05. The predicted octanol–water partition coefficient (Wildman–Crippen LogP) is 1.36. The van der Waals surface area contributed by atoms with Crippen LogP contribution in [0.4, 0.5) is 0 Å². The fourth-order valence-electron chi connectivity index (χ4n) is 0.594. The number of nitriles is 1. The molecule has 0 aliphatic heterocycles. The second-order valence-corrected chi connectivity index (χ2v) is 2.90. The lowest BCUT2D eigenvalue weighted by Gasteiger charge is -1.94. The van der Waals surface area contributed by atoms with Crippen LogP contribution in [0.15, 0.2) is 17.3 Å². The van der Waals surface area contributed by atoms with Crippen LogP contribution in [0.25, 0.3) is 5.70 Å². The normalized spacial score (nSPS) is 12.0. The average molecular weight is 165 g/mol. The Kier molecular flexibility index (Phi) is 2.24. The second-order valence-electron chi connectivity index (χ2n) is 2.02. The highest BCUT2D eigenvalue weighted by Crippen LogP contribution is 2.16. The molecule has 4 heteroatoms. The molecule has 0 saturated heterocycles. The lowest BCUT2D eigenvalue weighted by molar-refractivity contribution is 1.38. The van der Waals surface area contributed by atoms with Crippen LogP contribution in [0.2, 0.25) is 0 Å². The van der Waals surface area contributed by atoms with Crippen molar-refractivity contribution in [3.63, 3.8) is 0 Å². The van der Waals surface area contributed by atoms with Gasteiger partial charge >= 0.3 is 0 Å². The van der Waals surface area contributed by atoms with Crippen molar-refractivity contribution in [2.75, 3.05) is 0 Å². The maximum absolute atomic E-state index is 8.50. The van der Waals surface area contributed by atoms with Gasteiger partial charge in [0, 0.05) is 6.20 Å². The van der Waals surface area contributed by atoms with Gasteiger partial charge < -0.3 is 5.73 Å². The Bertz CT molecular complexity index is 305. The predicted molar refractivity (Wildman–Crippen MR) is 44.5 cm³/mol. The molecule has 0 aliphatic carbocycles. The van der Waals surface area contributed by atoms with Crippen LogP contribution in [-0.2, 0) is 0 Å². The average Bonchev–Trinajstić information content (AvgIpc) is 2.53. The third kappa shape index (κ3) is 1.57. The first-order valence-corrected chi connectivity index (χ1v) is 3.89. The van der Waals surface area contributed by atoms with E-state index in [1.54, 1.807) is 18.6 Å². The van der Waals surface area contributed by atoms with Gasteiger partial charge in [-0.25, -0.2) is 0 Å². The van der Waals surface area contributed by atoms with Crippen molar-refractivity contribution in [2.24, 2.45) is 5.73 Å². The summed E-state index contributed by atoms with van der Waals surface area (Å²) in [5.74, 6) is 0. The summed E-state index contributed by atoms with van der Waals surface area (Å²) in [7, 11) is 0. The Morgan fingerprint density at radius 2 is 2.55 bits per heavy atom. The minimum atomic E-state index is 0.523. The fraction of sp³-hybridized carbons (Fsp3) is 0.143. The molecule has 1 aromatic heterocycles. The van der Waals surface area contributed by atoms with Gasteiger partial charge in [-0.3, -0.25) is 4.98 Å². The summed E-state index contributed by atoms with van der Waals surface area (Å²) < 4.78 is 0. The topological polar surface area (TPSA) is 62.7 Å². The maximum atomic E-state index is 8.50. The highest BCUT2D eigenvalue weighted by Gasteiger charge is 2.01. The SMILES string of the molecule is CC(C#N)=C(N)c1cncs1. The van der Waals surface area contributed by atoms with E-state index in [2.05, 4.69) is 4.98 Å². The molecule has 0 spiro atoms. The number of thiazole rings is 1. The summed E-state index contributed by atoms with van der Waals surface area (Å²) >= 11 is 1.43. The third-order valence-electron chi connectivity index (χ3n) is 1.27. The second kappa shape index (κ2) is 3.17. The molecule has 0 amide bonds. The molecule has 0 bridgehead atoms. The third-order valence-corrected chi connectivity index (χ3v) is 2.08. The monoisotopic (exact) mass is 165 g/mol. The van der Waals surface area contributed by atoms with Crippen LogP contribution >= 0.6 is 11.3 Å². The Morgan fingerprint density at radius 1 is 1.82 bits per heavy atom. The number of aromatic nitrogens is 1. The molecule has 0 fully saturated rings. The first-order valence-electron chi connectivity index (χ1n) is 3.01. The summed E-state index contributed by atoms with van der Waals surface area (Å²) in [5.41, 5.74) is 8.37. The molecule has 0 aromatic carbocycles. The molecule has 1 rings (SSSR count). The minimum Gasteiger partial charge on any atom is -0.397 e. The van der Waals surface area contributed by atoms with Gasteiger partial charge in [0.15, 0.2) is 0 Å². The van der Waals surface area contributed by atoms with Crippen LogP contribution in [0.1, 0.15) is 11.8 Å². The van der Waals surface area contributed by atoms with E-state index < -0.39 is 0 Å². The Labute approximate surface area is 68.8 Å². The summed E-state index contributed by atoms with van der Waals surface area (Å²) in [4.78, 5) is 4.71. The van der Waals surface area contributed by atoms with Crippen molar-refractivity contribution in [2.45, 2.75) is 6.92 Å². The van der Waals surface area contributed by atoms with E-state index in [4.69, 9.17) is 11.0 Å². The summed E-state index contributed by atoms with van der Waals surface area (Å²) in [5, 5.41) is 8.50. The van der Waals surface area contributed by atoms with Gasteiger partial charge in [-0.2, -0.15) is 5.26 Å². The van der Waals surface area contributed by atoms with Gasteiger partial charge in [0.05, 0.1) is 27.7 Å². The van der Waals surface area contributed by atoms with Crippen LogP contribution in [0, 0.1) is 11.3 Å². The summed E-state index contributed by atoms with van der Waals surface area (Å²) in [6.07, 6.45) is 1.65. The lowest BCUT2D eigenvalue weighted by Crippen LogP contribution is -1.96. The molecule has 3 nitrogen and oxygen atoms in total.